The maximum absolute atomic E-state index is 13.0. The molecule has 28 heavy (non-hydrogen) atoms. The van der Waals surface area contributed by atoms with Gasteiger partial charge in [0.1, 0.15) is 11.8 Å². The second kappa shape index (κ2) is 7.32. The van der Waals surface area contributed by atoms with Crippen molar-refractivity contribution in [1.29, 1.82) is 5.26 Å². The standard InChI is InChI=1S/C23H20N2O3/c1-14-10-16(12-17-6-5-9-27-17)22-19(11-14)21(23(26)28-15(2)13-24)18-7-3-4-8-20(18)25-22/h3-9,12,14-15H,10-11H2,1-2H3/b16-12-/t14-,15+/m1/s1. The van der Waals surface area contributed by atoms with Crippen LogP contribution in [0.4, 0.5) is 0 Å². The average molecular weight is 372 g/mol. The summed E-state index contributed by atoms with van der Waals surface area (Å²) in [4.78, 5) is 17.9. The van der Waals surface area contributed by atoms with Crippen LogP contribution in [0.1, 0.15) is 47.6 Å². The van der Waals surface area contributed by atoms with E-state index in [4.69, 9.17) is 19.4 Å². The van der Waals surface area contributed by atoms with E-state index in [-0.39, 0.29) is 0 Å². The Morgan fingerprint density at radius 2 is 2.14 bits per heavy atom. The number of nitrogens with zero attached hydrogens (tertiary/aromatic N) is 2. The Bertz CT molecular complexity index is 1110. The second-order valence-corrected chi connectivity index (χ2v) is 7.21. The molecule has 0 amide bonds. The average Bonchev–Trinajstić information content (AvgIpc) is 3.19. The van der Waals surface area contributed by atoms with Crippen LogP contribution in [0, 0.1) is 17.2 Å². The van der Waals surface area contributed by atoms with Gasteiger partial charge in [-0.25, -0.2) is 9.78 Å². The minimum absolute atomic E-state index is 0.344. The van der Waals surface area contributed by atoms with Gasteiger partial charge < -0.3 is 9.15 Å². The van der Waals surface area contributed by atoms with Gasteiger partial charge >= 0.3 is 5.97 Å². The van der Waals surface area contributed by atoms with E-state index in [0.717, 1.165) is 46.3 Å². The summed E-state index contributed by atoms with van der Waals surface area (Å²) in [6.07, 6.45) is 4.40. The Labute approximate surface area is 163 Å². The van der Waals surface area contributed by atoms with Crippen LogP contribution in [0.25, 0.3) is 22.6 Å². The summed E-state index contributed by atoms with van der Waals surface area (Å²) in [5.41, 5.74) is 3.98. The summed E-state index contributed by atoms with van der Waals surface area (Å²) in [7, 11) is 0. The van der Waals surface area contributed by atoms with E-state index in [1.165, 1.54) is 0 Å². The fraction of sp³-hybridized carbons (Fsp3) is 0.261. The Hall–Kier alpha value is -3.39. The molecular formula is C23H20N2O3. The minimum atomic E-state index is -0.811. The zero-order chi connectivity index (χ0) is 19.7. The van der Waals surface area contributed by atoms with Crippen molar-refractivity contribution in [2.24, 2.45) is 5.92 Å². The molecule has 5 nitrogen and oxygen atoms in total. The molecule has 0 saturated carbocycles. The van der Waals surface area contributed by atoms with Gasteiger partial charge in [-0.1, -0.05) is 25.1 Å². The van der Waals surface area contributed by atoms with Gasteiger partial charge in [0.05, 0.1) is 23.0 Å². The van der Waals surface area contributed by atoms with Crippen molar-refractivity contribution >= 4 is 28.5 Å². The highest BCUT2D eigenvalue weighted by molar-refractivity contribution is 6.06. The molecule has 5 heteroatoms. The number of para-hydroxylation sites is 1. The first kappa shape index (κ1) is 18.0. The maximum Gasteiger partial charge on any atom is 0.340 e. The predicted octanol–water partition coefficient (Wildman–Crippen LogP) is 5.02. The van der Waals surface area contributed by atoms with E-state index in [0.29, 0.717) is 11.5 Å². The highest BCUT2D eigenvalue weighted by Gasteiger charge is 2.29. The fourth-order valence-electron chi connectivity index (χ4n) is 3.76. The number of pyridine rings is 1. The predicted molar refractivity (Wildman–Crippen MR) is 106 cm³/mol. The smallest absolute Gasteiger partial charge is 0.340 e. The fourth-order valence-corrected chi connectivity index (χ4v) is 3.76. The number of hydrogen-bond donors (Lipinski definition) is 0. The van der Waals surface area contributed by atoms with Crippen molar-refractivity contribution < 1.29 is 13.9 Å². The van der Waals surface area contributed by atoms with Crippen LogP contribution in [0.3, 0.4) is 0 Å². The summed E-state index contributed by atoms with van der Waals surface area (Å²) in [6, 6.07) is 13.3. The molecule has 140 valence electrons. The highest BCUT2D eigenvalue weighted by atomic mass is 16.5. The van der Waals surface area contributed by atoms with E-state index in [9.17, 15) is 4.79 Å². The summed E-state index contributed by atoms with van der Waals surface area (Å²) >= 11 is 0. The molecule has 3 aromatic rings. The molecule has 0 radical (unpaired) electrons. The van der Waals surface area contributed by atoms with Crippen molar-refractivity contribution in [3.63, 3.8) is 0 Å². The third-order valence-corrected chi connectivity index (χ3v) is 4.95. The van der Waals surface area contributed by atoms with Crippen LogP contribution in [0.15, 0.2) is 47.1 Å². The first-order chi connectivity index (χ1) is 13.6. The quantitative estimate of drug-likeness (QED) is 0.603. The number of ether oxygens (including phenoxy) is 1. The van der Waals surface area contributed by atoms with Crippen molar-refractivity contribution in [3.05, 3.63) is 65.2 Å². The Balaban J connectivity index is 1.95. The Morgan fingerprint density at radius 1 is 1.32 bits per heavy atom. The SMILES string of the molecule is C[C@@H]1C/C(=C/c2ccco2)c2nc3ccccc3c(C(=O)O[C@@H](C)C#N)c2C1. The molecule has 2 atom stereocenters. The van der Waals surface area contributed by atoms with Gasteiger partial charge in [-0.2, -0.15) is 5.26 Å². The minimum Gasteiger partial charge on any atom is -0.465 e. The van der Waals surface area contributed by atoms with Gasteiger partial charge in [-0.3, -0.25) is 0 Å². The molecule has 0 saturated heterocycles. The van der Waals surface area contributed by atoms with E-state index in [2.05, 4.69) is 6.92 Å². The molecule has 0 unspecified atom stereocenters. The molecule has 0 bridgehead atoms. The lowest BCUT2D eigenvalue weighted by Gasteiger charge is -2.26. The molecule has 1 aliphatic carbocycles. The molecular weight excluding hydrogens is 352 g/mol. The van der Waals surface area contributed by atoms with Crippen LogP contribution in [0.2, 0.25) is 0 Å². The van der Waals surface area contributed by atoms with E-state index in [1.807, 2.05) is 48.5 Å². The number of carbonyl (C=O) groups excluding carboxylic acids is 1. The van der Waals surface area contributed by atoms with Crippen molar-refractivity contribution in [2.75, 3.05) is 0 Å². The topological polar surface area (TPSA) is 76.1 Å². The molecule has 2 aromatic heterocycles. The van der Waals surface area contributed by atoms with Crippen molar-refractivity contribution in [3.8, 4) is 6.07 Å². The second-order valence-electron chi connectivity index (χ2n) is 7.21. The lowest BCUT2D eigenvalue weighted by Crippen LogP contribution is -2.21. The van der Waals surface area contributed by atoms with Crippen LogP contribution in [0.5, 0.6) is 0 Å². The van der Waals surface area contributed by atoms with Crippen LogP contribution >= 0.6 is 0 Å². The molecule has 1 aliphatic rings. The number of nitriles is 1. The molecule has 2 heterocycles. The number of aromatic nitrogens is 1. The maximum atomic E-state index is 13.0. The van der Waals surface area contributed by atoms with Crippen molar-refractivity contribution in [1.82, 2.24) is 4.98 Å². The number of fused-ring (bicyclic) bond motifs is 2. The molecule has 0 N–H and O–H groups in total. The number of benzene rings is 1. The third-order valence-electron chi connectivity index (χ3n) is 4.95. The number of allylic oxidation sites excluding steroid dienone is 1. The summed E-state index contributed by atoms with van der Waals surface area (Å²) in [5.74, 6) is 0.624. The molecule has 0 aliphatic heterocycles. The van der Waals surface area contributed by atoms with Gasteiger partial charge in [0.2, 0.25) is 0 Å². The van der Waals surface area contributed by atoms with E-state index >= 15 is 0 Å². The lowest BCUT2D eigenvalue weighted by atomic mass is 9.81. The van der Waals surface area contributed by atoms with Crippen LogP contribution in [-0.2, 0) is 11.2 Å². The number of esters is 1. The van der Waals surface area contributed by atoms with Crippen molar-refractivity contribution in [2.45, 2.75) is 32.8 Å². The Kier molecular flexibility index (Phi) is 4.70. The van der Waals surface area contributed by atoms with Crippen LogP contribution in [-0.4, -0.2) is 17.1 Å². The monoisotopic (exact) mass is 372 g/mol. The summed E-state index contributed by atoms with van der Waals surface area (Å²) in [5, 5.41) is 9.80. The largest absolute Gasteiger partial charge is 0.465 e. The Morgan fingerprint density at radius 3 is 2.89 bits per heavy atom. The third kappa shape index (κ3) is 3.29. The van der Waals surface area contributed by atoms with Gasteiger partial charge in [-0.15, -0.1) is 0 Å². The molecule has 0 spiro atoms. The summed E-state index contributed by atoms with van der Waals surface area (Å²) < 4.78 is 10.9. The highest BCUT2D eigenvalue weighted by Crippen LogP contribution is 2.38. The first-order valence-electron chi connectivity index (χ1n) is 9.33. The van der Waals surface area contributed by atoms with Gasteiger partial charge in [0.15, 0.2) is 6.10 Å². The number of furan rings is 1. The molecule has 0 fully saturated rings. The zero-order valence-electron chi connectivity index (χ0n) is 15.8. The van der Waals surface area contributed by atoms with Gasteiger partial charge in [0.25, 0.3) is 0 Å². The van der Waals surface area contributed by atoms with Gasteiger partial charge in [0, 0.05) is 5.39 Å². The van der Waals surface area contributed by atoms with Crippen LogP contribution < -0.4 is 0 Å². The molecule has 4 rings (SSSR count). The summed E-state index contributed by atoms with van der Waals surface area (Å²) in [6.45, 7) is 3.72. The first-order valence-corrected chi connectivity index (χ1v) is 9.33. The van der Waals surface area contributed by atoms with Gasteiger partial charge in [-0.05, 0) is 61.1 Å². The number of hydrogen-bond acceptors (Lipinski definition) is 5. The normalized spacial score (nSPS) is 18.5. The van der Waals surface area contributed by atoms with E-state index < -0.39 is 12.1 Å². The van der Waals surface area contributed by atoms with E-state index in [1.54, 1.807) is 13.2 Å². The lowest BCUT2D eigenvalue weighted by molar-refractivity contribution is 0.0436. The number of rotatable bonds is 3. The zero-order valence-corrected chi connectivity index (χ0v) is 15.8. The number of carbonyl (C=O) groups is 1. The molecule has 1 aromatic carbocycles.